The molecule has 0 aromatic heterocycles. The van der Waals surface area contributed by atoms with Gasteiger partial charge >= 0.3 is 0 Å². The SMILES string of the molecule is C.CCC.CCCC(CC)O[N+](=O)[O-].COC=O.COCc1ccccc1. The lowest BCUT2D eigenvalue weighted by atomic mass is 10.2. The molecule has 0 spiro atoms. The van der Waals surface area contributed by atoms with Gasteiger partial charge in [-0.2, -0.15) is 0 Å². The largest absolute Gasteiger partial charge is 0.471 e. The average molecular weight is 390 g/mol. The van der Waals surface area contributed by atoms with Crippen molar-refractivity contribution in [1.29, 1.82) is 0 Å². The summed E-state index contributed by atoms with van der Waals surface area (Å²) in [5.41, 5.74) is 1.22. The molecule has 0 aliphatic heterocycles. The number of benzene rings is 1. The molecule has 7 nitrogen and oxygen atoms in total. The Morgan fingerprint density at radius 2 is 1.59 bits per heavy atom. The molecule has 0 N–H and O–H groups in total. The zero-order chi connectivity index (χ0) is 20.6. The Morgan fingerprint density at radius 3 is 1.89 bits per heavy atom. The maximum Gasteiger partial charge on any atom is 0.294 e. The van der Waals surface area contributed by atoms with E-state index in [1.54, 1.807) is 7.11 Å². The van der Waals surface area contributed by atoms with E-state index in [-0.39, 0.29) is 13.5 Å². The second-order valence-corrected chi connectivity index (χ2v) is 5.11. The van der Waals surface area contributed by atoms with E-state index in [0.717, 1.165) is 12.8 Å². The third-order valence-electron chi connectivity index (χ3n) is 2.55. The van der Waals surface area contributed by atoms with Gasteiger partial charge in [-0.3, -0.25) is 4.79 Å². The lowest BCUT2D eigenvalue weighted by Crippen LogP contribution is -2.15. The van der Waals surface area contributed by atoms with Crippen LogP contribution in [0.5, 0.6) is 0 Å². The minimum atomic E-state index is -0.718. The highest BCUT2D eigenvalue weighted by Crippen LogP contribution is 2.05. The van der Waals surface area contributed by atoms with Crippen LogP contribution in [0.1, 0.15) is 66.4 Å². The van der Waals surface area contributed by atoms with Gasteiger partial charge in [0.2, 0.25) is 0 Å². The summed E-state index contributed by atoms with van der Waals surface area (Å²) in [6.07, 6.45) is 3.43. The molecule has 1 aromatic rings. The van der Waals surface area contributed by atoms with Crippen LogP contribution >= 0.6 is 0 Å². The smallest absolute Gasteiger partial charge is 0.294 e. The Balaban J connectivity index is -0.000000143. The summed E-state index contributed by atoms with van der Waals surface area (Å²) in [7, 11) is 3.01. The van der Waals surface area contributed by atoms with Crippen molar-refractivity contribution in [2.45, 2.75) is 73.5 Å². The fourth-order valence-electron chi connectivity index (χ4n) is 1.52. The zero-order valence-corrected chi connectivity index (χ0v) is 17.0. The third-order valence-corrected chi connectivity index (χ3v) is 2.55. The first kappa shape index (κ1) is 32.5. The van der Waals surface area contributed by atoms with Gasteiger partial charge in [0.05, 0.1) is 13.7 Å². The minimum absolute atomic E-state index is 0. The van der Waals surface area contributed by atoms with Crippen LogP contribution in [-0.2, 0) is 25.7 Å². The van der Waals surface area contributed by atoms with Crippen molar-refractivity contribution in [3.05, 3.63) is 46.0 Å². The first-order valence-electron chi connectivity index (χ1n) is 8.77. The van der Waals surface area contributed by atoms with E-state index in [1.165, 1.54) is 19.1 Å². The van der Waals surface area contributed by atoms with Crippen LogP contribution in [0.15, 0.2) is 30.3 Å². The first-order chi connectivity index (χ1) is 12.5. The Kier molecular flexibility index (Phi) is 34.5. The lowest BCUT2D eigenvalue weighted by molar-refractivity contribution is -0.768. The summed E-state index contributed by atoms with van der Waals surface area (Å²) < 4.78 is 8.79. The predicted molar refractivity (Wildman–Crippen MR) is 110 cm³/mol. The molecule has 0 radical (unpaired) electrons. The molecule has 0 aliphatic carbocycles. The van der Waals surface area contributed by atoms with Crippen LogP contribution < -0.4 is 0 Å². The fraction of sp³-hybridized carbons (Fsp3) is 0.650. The van der Waals surface area contributed by atoms with Crippen molar-refractivity contribution in [2.24, 2.45) is 0 Å². The van der Waals surface area contributed by atoms with Gasteiger partial charge in [0.15, 0.2) is 0 Å². The van der Waals surface area contributed by atoms with Gasteiger partial charge in [0, 0.05) is 7.11 Å². The maximum absolute atomic E-state index is 9.83. The Hall–Kier alpha value is -2.15. The summed E-state index contributed by atoms with van der Waals surface area (Å²) in [4.78, 5) is 23.1. The Morgan fingerprint density at radius 1 is 1.11 bits per heavy atom. The molecule has 7 heteroatoms. The van der Waals surface area contributed by atoms with Gasteiger partial charge < -0.3 is 14.3 Å². The standard InChI is InChI=1S/C8H10O.C6H13NO3.C3H8.C2H4O2.CH4/c1-9-7-8-5-3-2-4-6-8;1-3-5-6(4-2)10-7(8)9;1-3-2;1-4-2-3;/h2-6H,7H2,1H3;6H,3-5H2,1-2H3;3H2,1-2H3;2H,1H3;1H4. The van der Waals surface area contributed by atoms with Crippen LogP contribution in [0, 0.1) is 10.1 Å². The predicted octanol–water partition coefficient (Wildman–Crippen LogP) is 5.45. The molecular formula is C20H39NO6. The van der Waals surface area contributed by atoms with Crippen LogP contribution in [0.25, 0.3) is 0 Å². The summed E-state index contributed by atoms with van der Waals surface area (Å²) >= 11 is 0. The quantitative estimate of drug-likeness (QED) is 0.334. The highest BCUT2D eigenvalue weighted by atomic mass is 17.0. The Labute approximate surface area is 165 Å². The summed E-state index contributed by atoms with van der Waals surface area (Å²) in [6, 6.07) is 10.1. The molecule has 0 bridgehead atoms. The average Bonchev–Trinajstić information content (AvgIpc) is 2.63. The second-order valence-electron chi connectivity index (χ2n) is 5.11. The van der Waals surface area contributed by atoms with E-state index < -0.39 is 5.09 Å². The molecule has 1 aromatic carbocycles. The fourth-order valence-corrected chi connectivity index (χ4v) is 1.52. The number of hydrogen-bond acceptors (Lipinski definition) is 6. The summed E-state index contributed by atoms with van der Waals surface area (Å²) in [5.74, 6) is 0. The number of hydrogen-bond donors (Lipinski definition) is 0. The summed E-state index contributed by atoms with van der Waals surface area (Å²) in [5, 5.41) is 9.11. The highest BCUT2D eigenvalue weighted by molar-refractivity contribution is 5.36. The summed E-state index contributed by atoms with van der Waals surface area (Å²) in [6.45, 7) is 9.19. The van der Waals surface area contributed by atoms with Crippen molar-refractivity contribution < 1.29 is 24.2 Å². The molecule has 0 saturated heterocycles. The number of nitrogens with zero attached hydrogens (tertiary/aromatic N) is 1. The second kappa shape index (κ2) is 28.6. The topological polar surface area (TPSA) is 87.9 Å². The molecular weight excluding hydrogens is 350 g/mol. The maximum atomic E-state index is 9.83. The molecule has 0 amide bonds. The molecule has 0 saturated carbocycles. The van der Waals surface area contributed by atoms with Crippen LogP contribution in [0.3, 0.4) is 0 Å². The monoisotopic (exact) mass is 389 g/mol. The van der Waals surface area contributed by atoms with E-state index >= 15 is 0 Å². The van der Waals surface area contributed by atoms with Gasteiger partial charge in [0.1, 0.15) is 6.10 Å². The Bertz CT molecular complexity index is 401. The first-order valence-corrected chi connectivity index (χ1v) is 8.77. The zero-order valence-electron chi connectivity index (χ0n) is 17.0. The number of methoxy groups -OCH3 is 2. The van der Waals surface area contributed by atoms with Crippen molar-refractivity contribution in [1.82, 2.24) is 0 Å². The van der Waals surface area contributed by atoms with Crippen LogP contribution in [-0.4, -0.2) is 31.9 Å². The number of carbonyl (C=O) groups is 1. The molecule has 160 valence electrons. The minimum Gasteiger partial charge on any atom is -0.471 e. The molecule has 1 unspecified atom stereocenters. The number of rotatable bonds is 8. The van der Waals surface area contributed by atoms with Gasteiger partial charge in [-0.25, -0.2) is 0 Å². The molecule has 0 fully saturated rings. The van der Waals surface area contributed by atoms with Gasteiger partial charge in [-0.15, -0.1) is 10.1 Å². The van der Waals surface area contributed by atoms with E-state index in [9.17, 15) is 10.1 Å². The van der Waals surface area contributed by atoms with E-state index in [4.69, 9.17) is 9.53 Å². The molecule has 27 heavy (non-hydrogen) atoms. The van der Waals surface area contributed by atoms with Crippen molar-refractivity contribution in [2.75, 3.05) is 14.2 Å². The van der Waals surface area contributed by atoms with Crippen LogP contribution in [0.2, 0.25) is 0 Å². The molecule has 0 aliphatic rings. The molecule has 1 atom stereocenters. The van der Waals surface area contributed by atoms with Crippen LogP contribution in [0.4, 0.5) is 0 Å². The van der Waals surface area contributed by atoms with E-state index in [0.29, 0.717) is 19.5 Å². The number of carbonyl (C=O) groups excluding carboxylic acids is 1. The number of ether oxygens (including phenoxy) is 2. The normalized spacial score (nSPS) is 9.26. The van der Waals surface area contributed by atoms with E-state index in [2.05, 4.69) is 23.4 Å². The lowest BCUT2D eigenvalue weighted by Gasteiger charge is -2.09. The van der Waals surface area contributed by atoms with Crippen molar-refractivity contribution in [3.8, 4) is 0 Å². The van der Waals surface area contributed by atoms with Gasteiger partial charge in [-0.05, 0) is 18.4 Å². The van der Waals surface area contributed by atoms with Crippen molar-refractivity contribution in [3.63, 3.8) is 0 Å². The molecule has 1 rings (SSSR count). The van der Waals surface area contributed by atoms with E-state index in [1.807, 2.05) is 44.2 Å². The third kappa shape index (κ3) is 32.0. The highest BCUT2D eigenvalue weighted by Gasteiger charge is 2.08. The molecule has 0 heterocycles. The van der Waals surface area contributed by atoms with Crippen molar-refractivity contribution >= 4 is 6.47 Å². The van der Waals surface area contributed by atoms with Gasteiger partial charge in [0.25, 0.3) is 11.6 Å². The van der Waals surface area contributed by atoms with Gasteiger partial charge in [-0.1, -0.05) is 78.3 Å².